The lowest BCUT2D eigenvalue weighted by Crippen LogP contribution is -1.61. The molecule has 0 amide bonds. The number of hydrogen-bond donors (Lipinski definition) is 1. The zero-order valence-corrected chi connectivity index (χ0v) is 4.31. The van der Waals surface area contributed by atoms with Crippen LogP contribution in [0.3, 0.4) is 0 Å². The van der Waals surface area contributed by atoms with Gasteiger partial charge in [-0.15, -0.1) is 0 Å². The van der Waals surface area contributed by atoms with Gasteiger partial charge in [0, 0.05) is 0 Å². The molecular formula is C5H8N2. The second kappa shape index (κ2) is 3.28. The minimum absolute atomic E-state index is 0.611. The Bertz CT molecular complexity index is 92.6. The molecule has 2 heteroatoms. The van der Waals surface area contributed by atoms with Crippen LogP contribution in [0.25, 0.3) is 0 Å². The summed E-state index contributed by atoms with van der Waals surface area (Å²) in [6.07, 6.45) is 3.26. The van der Waals surface area contributed by atoms with Crippen LogP contribution in [0, 0.1) is 5.53 Å². The van der Waals surface area contributed by atoms with Crippen LogP contribution in [0.1, 0.15) is 6.92 Å². The molecule has 0 aliphatic rings. The van der Waals surface area contributed by atoms with Crippen LogP contribution >= 0.6 is 0 Å². The van der Waals surface area contributed by atoms with Crippen LogP contribution < -0.4 is 0 Å². The van der Waals surface area contributed by atoms with Crippen molar-refractivity contribution in [2.45, 2.75) is 6.92 Å². The van der Waals surface area contributed by atoms with E-state index in [0.717, 1.165) is 0 Å². The van der Waals surface area contributed by atoms with Gasteiger partial charge in [-0.2, -0.15) is 5.11 Å². The van der Waals surface area contributed by atoms with Crippen LogP contribution in [-0.2, 0) is 0 Å². The van der Waals surface area contributed by atoms with Gasteiger partial charge in [0.2, 0.25) is 0 Å². The number of hydrogen-bond acceptors (Lipinski definition) is 2. The molecular weight excluding hydrogens is 88.1 g/mol. The molecule has 0 aromatic carbocycles. The maximum atomic E-state index is 6.45. The molecule has 0 radical (unpaired) electrons. The lowest BCUT2D eigenvalue weighted by Gasteiger charge is -1.79. The first kappa shape index (κ1) is 6.08. The van der Waals surface area contributed by atoms with E-state index in [4.69, 9.17) is 5.53 Å². The quantitative estimate of drug-likeness (QED) is 0.403. The van der Waals surface area contributed by atoms with Crippen molar-refractivity contribution in [3.8, 4) is 0 Å². The molecule has 0 fully saturated rings. The van der Waals surface area contributed by atoms with Crippen molar-refractivity contribution < 1.29 is 0 Å². The summed E-state index contributed by atoms with van der Waals surface area (Å²) in [4.78, 5) is 0. The van der Waals surface area contributed by atoms with E-state index in [0.29, 0.717) is 5.70 Å². The summed E-state index contributed by atoms with van der Waals surface area (Å²) in [5.41, 5.74) is 7.06. The maximum absolute atomic E-state index is 6.45. The van der Waals surface area contributed by atoms with Crippen LogP contribution in [0.4, 0.5) is 0 Å². The second-order valence-electron chi connectivity index (χ2n) is 1.03. The minimum Gasteiger partial charge on any atom is -0.204 e. The Labute approximate surface area is 43.1 Å². The topological polar surface area (TPSA) is 36.2 Å². The van der Waals surface area contributed by atoms with Crippen LogP contribution in [0.2, 0.25) is 0 Å². The molecule has 0 aliphatic carbocycles. The van der Waals surface area contributed by atoms with E-state index in [1.165, 1.54) is 6.08 Å². The van der Waals surface area contributed by atoms with Gasteiger partial charge in [0.15, 0.2) is 0 Å². The predicted molar refractivity (Wildman–Crippen MR) is 29.1 cm³/mol. The number of nitrogens with zero attached hydrogens (tertiary/aromatic N) is 1. The first-order valence-corrected chi connectivity index (χ1v) is 2.01. The van der Waals surface area contributed by atoms with Gasteiger partial charge in [-0.25, -0.2) is 5.53 Å². The highest BCUT2D eigenvalue weighted by Crippen LogP contribution is 1.93. The third kappa shape index (κ3) is 1.87. The first-order chi connectivity index (χ1) is 3.35. The van der Waals surface area contributed by atoms with Gasteiger partial charge in [0.25, 0.3) is 0 Å². The summed E-state index contributed by atoms with van der Waals surface area (Å²) in [6, 6.07) is 0. The fourth-order valence-corrected chi connectivity index (χ4v) is 0.228. The summed E-state index contributed by atoms with van der Waals surface area (Å²) in [6.45, 7) is 5.24. The van der Waals surface area contributed by atoms with Crippen molar-refractivity contribution in [1.29, 1.82) is 5.53 Å². The van der Waals surface area contributed by atoms with Crippen LogP contribution in [-0.4, -0.2) is 0 Å². The van der Waals surface area contributed by atoms with Crippen molar-refractivity contribution in [2.75, 3.05) is 0 Å². The Balaban J connectivity index is 3.85. The van der Waals surface area contributed by atoms with E-state index in [2.05, 4.69) is 11.7 Å². The lowest BCUT2D eigenvalue weighted by molar-refractivity contribution is 1.09. The van der Waals surface area contributed by atoms with E-state index in [9.17, 15) is 0 Å². The van der Waals surface area contributed by atoms with Gasteiger partial charge in [-0.05, 0) is 13.0 Å². The molecule has 0 spiro atoms. The van der Waals surface area contributed by atoms with Crippen molar-refractivity contribution in [3.05, 3.63) is 24.4 Å². The molecule has 0 bridgehead atoms. The molecule has 0 saturated heterocycles. The standard InChI is InChI=1S/C5H8N2/c1-3-5(4-2)7-6/h3-4,6H,1H2,2H3. The third-order valence-corrected chi connectivity index (χ3v) is 0.634. The molecule has 1 N–H and O–H groups in total. The zero-order valence-electron chi connectivity index (χ0n) is 4.31. The van der Waals surface area contributed by atoms with E-state index < -0.39 is 0 Å². The average Bonchev–Trinajstić information content (AvgIpc) is 1.72. The molecule has 0 unspecified atom stereocenters. The number of rotatable bonds is 2. The Morgan fingerprint density at radius 2 is 2.43 bits per heavy atom. The van der Waals surface area contributed by atoms with Crippen molar-refractivity contribution in [3.63, 3.8) is 0 Å². The van der Waals surface area contributed by atoms with E-state index >= 15 is 0 Å². The Morgan fingerprint density at radius 1 is 1.86 bits per heavy atom. The van der Waals surface area contributed by atoms with Gasteiger partial charge < -0.3 is 0 Å². The van der Waals surface area contributed by atoms with Crippen molar-refractivity contribution in [1.82, 2.24) is 0 Å². The predicted octanol–water partition coefficient (Wildman–Crippen LogP) is 2.11. The highest BCUT2D eigenvalue weighted by molar-refractivity contribution is 5.11. The number of allylic oxidation sites excluding steroid dienone is 2. The first-order valence-electron chi connectivity index (χ1n) is 2.01. The molecule has 0 aromatic heterocycles. The monoisotopic (exact) mass is 96.1 g/mol. The van der Waals surface area contributed by atoms with Gasteiger partial charge >= 0.3 is 0 Å². The zero-order chi connectivity index (χ0) is 5.70. The molecule has 0 aromatic rings. The highest BCUT2D eigenvalue weighted by Gasteiger charge is 1.75. The fraction of sp³-hybridized carbons (Fsp3) is 0.200. The Kier molecular flexibility index (Phi) is 2.85. The SMILES string of the molecule is C=CC(=CC)N=N. The lowest BCUT2D eigenvalue weighted by atomic mass is 10.4. The Morgan fingerprint density at radius 3 is 2.43 bits per heavy atom. The molecule has 0 atom stereocenters. The molecule has 38 valence electrons. The van der Waals surface area contributed by atoms with Gasteiger partial charge in [-0.1, -0.05) is 12.7 Å². The van der Waals surface area contributed by atoms with E-state index in [1.54, 1.807) is 6.08 Å². The summed E-state index contributed by atoms with van der Waals surface area (Å²) in [5.74, 6) is 0. The van der Waals surface area contributed by atoms with Crippen LogP contribution in [0.5, 0.6) is 0 Å². The summed E-state index contributed by atoms with van der Waals surface area (Å²) < 4.78 is 0. The minimum atomic E-state index is 0.611. The van der Waals surface area contributed by atoms with Gasteiger partial charge in [-0.3, -0.25) is 0 Å². The van der Waals surface area contributed by atoms with E-state index in [-0.39, 0.29) is 0 Å². The van der Waals surface area contributed by atoms with Crippen LogP contribution in [0.15, 0.2) is 29.5 Å². The van der Waals surface area contributed by atoms with Gasteiger partial charge in [0.05, 0.1) is 5.70 Å². The molecule has 0 aliphatic heterocycles. The normalized spacial score (nSPS) is 10.7. The van der Waals surface area contributed by atoms with Crippen molar-refractivity contribution >= 4 is 0 Å². The third-order valence-electron chi connectivity index (χ3n) is 0.634. The molecule has 0 rings (SSSR count). The molecule has 0 saturated carbocycles. The summed E-state index contributed by atoms with van der Waals surface area (Å²) in [7, 11) is 0. The fourth-order valence-electron chi connectivity index (χ4n) is 0.228. The second-order valence-corrected chi connectivity index (χ2v) is 1.03. The molecule has 0 heterocycles. The average molecular weight is 96.1 g/mol. The smallest absolute Gasteiger partial charge is 0.0801 e. The Hall–Kier alpha value is -0.920. The van der Waals surface area contributed by atoms with Crippen molar-refractivity contribution in [2.24, 2.45) is 5.11 Å². The highest BCUT2D eigenvalue weighted by atomic mass is 15.0. The summed E-state index contributed by atoms with van der Waals surface area (Å²) in [5, 5.41) is 3.12. The molecule has 2 nitrogen and oxygen atoms in total. The molecule has 7 heavy (non-hydrogen) atoms. The van der Waals surface area contributed by atoms with E-state index in [1.807, 2.05) is 6.92 Å². The number of nitrogens with one attached hydrogen (secondary N) is 1. The largest absolute Gasteiger partial charge is 0.204 e. The maximum Gasteiger partial charge on any atom is 0.0801 e. The van der Waals surface area contributed by atoms with Gasteiger partial charge in [0.1, 0.15) is 0 Å². The summed E-state index contributed by atoms with van der Waals surface area (Å²) >= 11 is 0.